The van der Waals surface area contributed by atoms with E-state index >= 15 is 0 Å². The molecule has 2 aliphatic heterocycles. The first-order chi connectivity index (χ1) is 19.5. The van der Waals surface area contributed by atoms with Gasteiger partial charge in [-0.3, -0.25) is 9.80 Å². The van der Waals surface area contributed by atoms with Crippen LogP contribution >= 0.6 is 0 Å². The molecule has 3 heterocycles. The van der Waals surface area contributed by atoms with Gasteiger partial charge in [0.15, 0.2) is 6.29 Å². The number of hydrogen-bond acceptors (Lipinski definition) is 5. The second-order valence-corrected chi connectivity index (χ2v) is 11.1. The molecular weight excluding hydrogens is 531 g/mol. The van der Waals surface area contributed by atoms with Crippen molar-refractivity contribution < 1.29 is 27.4 Å². The number of methoxy groups -OCH3 is 2. The Morgan fingerprint density at radius 3 is 2.29 bits per heavy atom. The van der Waals surface area contributed by atoms with Gasteiger partial charge < -0.3 is 19.2 Å². The molecule has 1 fully saturated rings. The van der Waals surface area contributed by atoms with Crippen molar-refractivity contribution in [3.05, 3.63) is 65.4 Å². The molecule has 0 unspecified atom stereocenters. The molecule has 0 bridgehead atoms. The summed E-state index contributed by atoms with van der Waals surface area (Å²) >= 11 is 0. The van der Waals surface area contributed by atoms with Gasteiger partial charge in [-0.1, -0.05) is 18.2 Å². The van der Waals surface area contributed by atoms with Crippen LogP contribution in [0, 0.1) is 24.5 Å². The number of benzene rings is 2. The molecule has 0 aliphatic carbocycles. The minimum absolute atomic E-state index is 0.0280. The molecule has 0 radical (unpaired) electrons. The SMILES string of the molecule is C#C.COC(CCN1CC(Oc2cc(F)cc(F)c2)C1)OC.C[C@@H]1Cc2c([nH]c3ccccc23)CN1CC(C)(C)F. The van der Waals surface area contributed by atoms with Crippen LogP contribution < -0.4 is 4.74 Å². The lowest BCUT2D eigenvalue weighted by atomic mass is 9.96. The number of halogens is 3. The first kappa shape index (κ1) is 32.5. The largest absolute Gasteiger partial charge is 0.488 e. The predicted molar refractivity (Wildman–Crippen MR) is 157 cm³/mol. The molecule has 1 atom stereocenters. The zero-order valence-electron chi connectivity index (χ0n) is 24.6. The maximum atomic E-state index is 13.9. The second-order valence-electron chi connectivity index (χ2n) is 11.1. The topological polar surface area (TPSA) is 50.0 Å². The van der Waals surface area contributed by atoms with Gasteiger partial charge in [-0.25, -0.2) is 13.2 Å². The zero-order valence-corrected chi connectivity index (χ0v) is 24.6. The molecular formula is C32H42F3N3O3. The number of aromatic amines is 1. The van der Waals surface area contributed by atoms with E-state index in [9.17, 15) is 13.2 Å². The summed E-state index contributed by atoms with van der Waals surface area (Å²) in [7, 11) is 3.21. The molecule has 5 rings (SSSR count). The van der Waals surface area contributed by atoms with Gasteiger partial charge in [0, 0.05) is 94.2 Å². The minimum atomic E-state index is -1.14. The molecule has 224 valence electrons. The summed E-state index contributed by atoms with van der Waals surface area (Å²) in [5.74, 6) is -1.02. The number of nitrogens with zero attached hydrogens (tertiary/aromatic N) is 2. The Hall–Kier alpha value is -3.03. The molecule has 0 saturated carbocycles. The van der Waals surface area contributed by atoms with Gasteiger partial charge in [0.05, 0.1) is 0 Å². The third-order valence-corrected chi connectivity index (χ3v) is 7.23. The van der Waals surface area contributed by atoms with Crippen LogP contribution in [0.3, 0.4) is 0 Å². The van der Waals surface area contributed by atoms with Crippen LogP contribution in [0.4, 0.5) is 13.2 Å². The summed E-state index contributed by atoms with van der Waals surface area (Å²) in [6.07, 6.45) is 9.54. The highest BCUT2D eigenvalue weighted by atomic mass is 19.1. The Kier molecular flexibility index (Phi) is 11.7. The van der Waals surface area contributed by atoms with Crippen LogP contribution in [-0.4, -0.2) is 79.3 Å². The fourth-order valence-electron chi connectivity index (χ4n) is 5.29. The molecule has 2 aromatic carbocycles. The summed E-state index contributed by atoms with van der Waals surface area (Å²) < 4.78 is 55.6. The summed E-state index contributed by atoms with van der Waals surface area (Å²) in [5.41, 5.74) is 2.72. The summed E-state index contributed by atoms with van der Waals surface area (Å²) in [5, 5.41) is 1.32. The van der Waals surface area contributed by atoms with E-state index in [2.05, 4.69) is 58.8 Å². The van der Waals surface area contributed by atoms with Crippen molar-refractivity contribution in [2.24, 2.45) is 0 Å². The number of ether oxygens (including phenoxy) is 3. The van der Waals surface area contributed by atoms with Crippen molar-refractivity contribution >= 4 is 10.9 Å². The maximum Gasteiger partial charge on any atom is 0.158 e. The Morgan fingerprint density at radius 1 is 1.05 bits per heavy atom. The summed E-state index contributed by atoms with van der Waals surface area (Å²) in [6, 6.07) is 12.0. The number of alkyl halides is 1. The average molecular weight is 574 g/mol. The Balaban J connectivity index is 0.000000213. The van der Waals surface area contributed by atoms with E-state index in [1.807, 2.05) is 0 Å². The zero-order chi connectivity index (χ0) is 30.2. The lowest BCUT2D eigenvalue weighted by Gasteiger charge is -2.39. The van der Waals surface area contributed by atoms with Crippen LogP contribution in [-0.2, 0) is 22.4 Å². The van der Waals surface area contributed by atoms with Crippen LogP contribution in [0.5, 0.6) is 5.75 Å². The fraction of sp³-hybridized carbons (Fsp3) is 0.500. The van der Waals surface area contributed by atoms with Crippen molar-refractivity contribution in [2.45, 2.75) is 64.3 Å². The molecule has 1 aromatic heterocycles. The highest BCUT2D eigenvalue weighted by Gasteiger charge is 2.30. The molecule has 1 N–H and O–H groups in total. The van der Waals surface area contributed by atoms with Gasteiger partial charge in [-0.05, 0) is 38.8 Å². The highest BCUT2D eigenvalue weighted by Crippen LogP contribution is 2.31. The molecule has 1 saturated heterocycles. The predicted octanol–water partition coefficient (Wildman–Crippen LogP) is 5.95. The van der Waals surface area contributed by atoms with E-state index in [1.165, 1.54) is 34.3 Å². The summed E-state index contributed by atoms with van der Waals surface area (Å²) in [6.45, 7) is 9.11. The number of H-pyrrole nitrogens is 1. The second kappa shape index (κ2) is 14.7. The molecule has 41 heavy (non-hydrogen) atoms. The fourth-order valence-corrected chi connectivity index (χ4v) is 5.29. The number of fused-ring (bicyclic) bond motifs is 3. The van der Waals surface area contributed by atoms with Crippen molar-refractivity contribution in [1.29, 1.82) is 0 Å². The van der Waals surface area contributed by atoms with E-state index in [0.29, 0.717) is 12.6 Å². The lowest BCUT2D eigenvalue weighted by molar-refractivity contribution is -0.114. The number of nitrogens with one attached hydrogen (secondary N) is 1. The van der Waals surface area contributed by atoms with E-state index in [-0.39, 0.29) is 18.1 Å². The van der Waals surface area contributed by atoms with E-state index in [0.717, 1.165) is 45.1 Å². The monoisotopic (exact) mass is 573 g/mol. The van der Waals surface area contributed by atoms with Crippen molar-refractivity contribution in [1.82, 2.24) is 14.8 Å². The van der Waals surface area contributed by atoms with E-state index in [4.69, 9.17) is 14.2 Å². The molecule has 3 aromatic rings. The van der Waals surface area contributed by atoms with Gasteiger partial charge in [-0.15, -0.1) is 12.8 Å². The number of terminal acetylenes is 1. The third kappa shape index (κ3) is 9.23. The Morgan fingerprint density at radius 2 is 1.68 bits per heavy atom. The first-order valence-corrected chi connectivity index (χ1v) is 13.8. The number of aromatic nitrogens is 1. The van der Waals surface area contributed by atoms with Crippen molar-refractivity contribution in [3.63, 3.8) is 0 Å². The molecule has 6 nitrogen and oxygen atoms in total. The van der Waals surface area contributed by atoms with Gasteiger partial charge in [0.25, 0.3) is 0 Å². The minimum Gasteiger partial charge on any atom is -0.488 e. The van der Waals surface area contributed by atoms with Crippen molar-refractivity contribution in [3.8, 4) is 18.6 Å². The maximum absolute atomic E-state index is 13.9. The van der Waals surface area contributed by atoms with E-state index < -0.39 is 17.3 Å². The van der Waals surface area contributed by atoms with Gasteiger partial charge >= 0.3 is 0 Å². The molecule has 2 aliphatic rings. The molecule has 0 spiro atoms. The summed E-state index contributed by atoms with van der Waals surface area (Å²) in [4.78, 5) is 7.89. The van der Waals surface area contributed by atoms with Gasteiger partial charge in [0.2, 0.25) is 0 Å². The first-order valence-electron chi connectivity index (χ1n) is 13.8. The van der Waals surface area contributed by atoms with Crippen molar-refractivity contribution in [2.75, 3.05) is 40.4 Å². The smallest absolute Gasteiger partial charge is 0.158 e. The van der Waals surface area contributed by atoms with Crippen LogP contribution in [0.1, 0.15) is 38.4 Å². The number of hydrogen-bond donors (Lipinski definition) is 1. The number of para-hydroxylation sites is 1. The number of rotatable bonds is 9. The Bertz CT molecular complexity index is 1240. The van der Waals surface area contributed by atoms with Crippen LogP contribution in [0.2, 0.25) is 0 Å². The van der Waals surface area contributed by atoms with Crippen LogP contribution in [0.15, 0.2) is 42.5 Å². The lowest BCUT2D eigenvalue weighted by Crippen LogP contribution is -2.54. The molecule has 0 amide bonds. The van der Waals surface area contributed by atoms with Gasteiger partial charge in [0.1, 0.15) is 29.2 Å². The van der Waals surface area contributed by atoms with Crippen LogP contribution in [0.25, 0.3) is 10.9 Å². The quantitative estimate of drug-likeness (QED) is 0.253. The number of likely N-dealkylation sites (tertiary alicyclic amines) is 1. The van der Waals surface area contributed by atoms with Gasteiger partial charge in [-0.2, -0.15) is 0 Å². The third-order valence-electron chi connectivity index (χ3n) is 7.23. The standard InChI is InChI=1S/C16H21FN2.C14H19F2NO3.C2H2/c1-11-8-13-12-6-4-5-7-14(12)18-15(13)9-19(11)10-16(2,3)17;1-18-14(19-2)3-4-17-8-13(9-17)20-12-6-10(15)5-11(16)7-12;1-2/h4-7,11,18H,8-10H2,1-3H3;5-7,13-14H,3-4,8-9H2,1-2H3;1-2H/t11-;;/m1../s1. The molecule has 9 heteroatoms. The van der Waals surface area contributed by atoms with E-state index in [1.54, 1.807) is 28.1 Å². The highest BCUT2D eigenvalue weighted by molar-refractivity contribution is 5.84. The Labute approximate surface area is 241 Å². The average Bonchev–Trinajstić information content (AvgIpc) is 3.25. The normalized spacial score (nSPS) is 17.7.